The molecule has 7 heteroatoms. The predicted molar refractivity (Wildman–Crippen MR) is 95.9 cm³/mol. The van der Waals surface area contributed by atoms with Crippen molar-refractivity contribution in [1.29, 1.82) is 0 Å². The fraction of sp³-hybridized carbons (Fsp3) is 0.211. The van der Waals surface area contributed by atoms with Crippen molar-refractivity contribution in [3.05, 3.63) is 73.6 Å². The van der Waals surface area contributed by atoms with E-state index in [4.69, 9.17) is 13.9 Å². The molecule has 1 aromatic heterocycles. The lowest BCUT2D eigenvalue weighted by Gasteiger charge is -2.11. The molecule has 0 bridgehead atoms. The SMILES string of the molecule is COc1ccc(OCc2cc(=O)oc3c(C)c(C)ccc23)c([N+](=O)[O-])c1. The lowest BCUT2D eigenvalue weighted by atomic mass is 10.0. The number of rotatable bonds is 5. The summed E-state index contributed by atoms with van der Waals surface area (Å²) in [7, 11) is 1.43. The van der Waals surface area contributed by atoms with Crippen molar-refractivity contribution in [2.45, 2.75) is 20.5 Å². The number of nitro groups is 1. The average Bonchev–Trinajstić information content (AvgIpc) is 2.62. The number of nitrogens with zero attached hydrogens (tertiary/aromatic N) is 1. The second kappa shape index (κ2) is 6.87. The summed E-state index contributed by atoms with van der Waals surface area (Å²) in [6.45, 7) is 3.80. The first-order chi connectivity index (χ1) is 12.4. The van der Waals surface area contributed by atoms with Crippen molar-refractivity contribution in [3.63, 3.8) is 0 Å². The fourth-order valence-electron chi connectivity index (χ4n) is 2.69. The standard InChI is InChI=1S/C19H17NO6/c1-11-4-6-15-13(8-18(21)26-19(15)12(11)2)10-25-17-7-5-14(24-3)9-16(17)20(22)23/h4-9H,10H2,1-3H3. The zero-order valence-electron chi connectivity index (χ0n) is 14.6. The van der Waals surface area contributed by atoms with Gasteiger partial charge in [-0.25, -0.2) is 4.79 Å². The zero-order valence-corrected chi connectivity index (χ0v) is 14.6. The quantitative estimate of drug-likeness (QED) is 0.391. The van der Waals surface area contributed by atoms with Crippen LogP contribution < -0.4 is 15.1 Å². The molecule has 134 valence electrons. The molecule has 0 unspecified atom stereocenters. The normalized spacial score (nSPS) is 10.7. The Morgan fingerprint density at radius 1 is 1.15 bits per heavy atom. The van der Waals surface area contributed by atoms with Crippen molar-refractivity contribution < 1.29 is 18.8 Å². The highest BCUT2D eigenvalue weighted by Crippen LogP contribution is 2.32. The molecule has 3 aromatic rings. The van der Waals surface area contributed by atoms with E-state index in [2.05, 4.69) is 0 Å². The third-order valence-electron chi connectivity index (χ3n) is 4.26. The van der Waals surface area contributed by atoms with Crippen LogP contribution in [0.5, 0.6) is 11.5 Å². The van der Waals surface area contributed by atoms with Gasteiger partial charge in [-0.3, -0.25) is 10.1 Å². The molecular formula is C19H17NO6. The number of hydrogen-bond donors (Lipinski definition) is 0. The third-order valence-corrected chi connectivity index (χ3v) is 4.26. The van der Waals surface area contributed by atoms with Crippen molar-refractivity contribution in [2.24, 2.45) is 0 Å². The van der Waals surface area contributed by atoms with Gasteiger partial charge in [0, 0.05) is 17.0 Å². The monoisotopic (exact) mass is 355 g/mol. The van der Waals surface area contributed by atoms with E-state index in [0.29, 0.717) is 16.9 Å². The minimum absolute atomic E-state index is 0.00221. The zero-order chi connectivity index (χ0) is 18.8. The molecule has 0 atom stereocenters. The second-order valence-electron chi connectivity index (χ2n) is 5.85. The maximum absolute atomic E-state index is 11.9. The number of methoxy groups -OCH3 is 1. The van der Waals surface area contributed by atoms with Crippen LogP contribution in [0.2, 0.25) is 0 Å². The number of aryl methyl sites for hydroxylation is 2. The first-order valence-electron chi connectivity index (χ1n) is 7.89. The van der Waals surface area contributed by atoms with Crippen LogP contribution in [0.3, 0.4) is 0 Å². The smallest absolute Gasteiger partial charge is 0.336 e. The van der Waals surface area contributed by atoms with Crippen LogP contribution in [0, 0.1) is 24.0 Å². The number of hydrogen-bond acceptors (Lipinski definition) is 6. The molecule has 0 spiro atoms. The Morgan fingerprint density at radius 3 is 2.62 bits per heavy atom. The summed E-state index contributed by atoms with van der Waals surface area (Å²) < 4.78 is 16.0. The van der Waals surface area contributed by atoms with Crippen LogP contribution in [-0.2, 0) is 6.61 Å². The molecule has 0 saturated heterocycles. The molecule has 0 fully saturated rings. The molecule has 0 amide bonds. The van der Waals surface area contributed by atoms with Gasteiger partial charge in [-0.1, -0.05) is 12.1 Å². The van der Waals surface area contributed by atoms with Gasteiger partial charge in [-0.2, -0.15) is 0 Å². The van der Waals surface area contributed by atoms with E-state index in [-0.39, 0.29) is 18.0 Å². The molecule has 0 radical (unpaired) electrons. The van der Waals surface area contributed by atoms with Crippen LogP contribution in [0.15, 0.2) is 45.6 Å². The Morgan fingerprint density at radius 2 is 1.92 bits per heavy atom. The van der Waals surface area contributed by atoms with Crippen LogP contribution in [0.25, 0.3) is 11.0 Å². The third kappa shape index (κ3) is 3.23. The first kappa shape index (κ1) is 17.5. The lowest BCUT2D eigenvalue weighted by Crippen LogP contribution is -2.06. The maximum Gasteiger partial charge on any atom is 0.336 e. The topological polar surface area (TPSA) is 91.8 Å². The lowest BCUT2D eigenvalue weighted by molar-refractivity contribution is -0.386. The number of nitro benzene ring substituents is 1. The van der Waals surface area contributed by atoms with Gasteiger partial charge in [0.25, 0.3) is 0 Å². The molecule has 3 rings (SSSR count). The summed E-state index contributed by atoms with van der Waals surface area (Å²) in [6.07, 6.45) is 0. The molecule has 1 heterocycles. The van der Waals surface area contributed by atoms with Crippen molar-refractivity contribution in [1.82, 2.24) is 0 Å². The maximum atomic E-state index is 11.9. The minimum Gasteiger partial charge on any atom is -0.496 e. The van der Waals surface area contributed by atoms with Crippen molar-refractivity contribution in [3.8, 4) is 11.5 Å². The largest absolute Gasteiger partial charge is 0.496 e. The summed E-state index contributed by atoms with van der Waals surface area (Å²) in [6, 6.07) is 9.46. The average molecular weight is 355 g/mol. The van der Waals surface area contributed by atoms with Gasteiger partial charge in [0.15, 0.2) is 5.75 Å². The molecule has 0 aliphatic carbocycles. The molecular weight excluding hydrogens is 338 g/mol. The summed E-state index contributed by atoms with van der Waals surface area (Å²) in [5.74, 6) is 0.460. The fourth-order valence-corrected chi connectivity index (χ4v) is 2.69. The molecule has 0 aliphatic heterocycles. The molecule has 0 saturated carbocycles. The van der Waals surface area contributed by atoms with Gasteiger partial charge in [-0.05, 0) is 37.1 Å². The Labute approximate surface area is 148 Å². The van der Waals surface area contributed by atoms with Crippen LogP contribution >= 0.6 is 0 Å². The molecule has 0 aliphatic rings. The number of ether oxygens (including phenoxy) is 2. The Balaban J connectivity index is 2.00. The van der Waals surface area contributed by atoms with E-state index >= 15 is 0 Å². The van der Waals surface area contributed by atoms with Gasteiger partial charge < -0.3 is 13.9 Å². The van der Waals surface area contributed by atoms with Crippen LogP contribution in [0.1, 0.15) is 16.7 Å². The van der Waals surface area contributed by atoms with Crippen LogP contribution in [-0.4, -0.2) is 12.0 Å². The van der Waals surface area contributed by atoms with Gasteiger partial charge in [0.05, 0.1) is 18.1 Å². The van der Waals surface area contributed by atoms with Crippen LogP contribution in [0.4, 0.5) is 5.69 Å². The number of fused-ring (bicyclic) bond motifs is 1. The van der Waals surface area contributed by atoms with Crippen molar-refractivity contribution >= 4 is 16.7 Å². The summed E-state index contributed by atoms with van der Waals surface area (Å²) >= 11 is 0. The Hall–Kier alpha value is -3.35. The first-order valence-corrected chi connectivity index (χ1v) is 7.89. The van der Waals surface area contributed by atoms with Gasteiger partial charge in [0.1, 0.15) is 17.9 Å². The highest BCUT2D eigenvalue weighted by atomic mass is 16.6. The summed E-state index contributed by atoms with van der Waals surface area (Å²) in [5.41, 5.74) is 2.28. The summed E-state index contributed by atoms with van der Waals surface area (Å²) in [5, 5.41) is 12.0. The van der Waals surface area contributed by atoms with E-state index in [1.807, 2.05) is 26.0 Å². The van der Waals surface area contributed by atoms with Gasteiger partial charge in [0.2, 0.25) is 0 Å². The van der Waals surface area contributed by atoms with E-state index in [1.54, 1.807) is 6.07 Å². The molecule has 7 nitrogen and oxygen atoms in total. The second-order valence-corrected chi connectivity index (χ2v) is 5.85. The van der Waals surface area contributed by atoms with E-state index in [9.17, 15) is 14.9 Å². The van der Waals surface area contributed by atoms with Gasteiger partial charge in [-0.15, -0.1) is 0 Å². The predicted octanol–water partition coefficient (Wildman–Crippen LogP) is 3.91. The molecule has 26 heavy (non-hydrogen) atoms. The van der Waals surface area contributed by atoms with Crippen molar-refractivity contribution in [2.75, 3.05) is 7.11 Å². The highest BCUT2D eigenvalue weighted by Gasteiger charge is 2.18. The summed E-state index contributed by atoms with van der Waals surface area (Å²) in [4.78, 5) is 22.6. The highest BCUT2D eigenvalue weighted by molar-refractivity contribution is 5.83. The van der Waals surface area contributed by atoms with E-state index in [1.165, 1.54) is 25.3 Å². The molecule has 0 N–H and O–H groups in total. The van der Waals surface area contributed by atoms with E-state index in [0.717, 1.165) is 16.5 Å². The van der Waals surface area contributed by atoms with Gasteiger partial charge >= 0.3 is 11.3 Å². The molecule has 2 aromatic carbocycles. The number of benzene rings is 2. The Bertz CT molecular complexity index is 1050. The Kier molecular flexibility index (Phi) is 4.62. The van der Waals surface area contributed by atoms with E-state index < -0.39 is 10.5 Å². The minimum atomic E-state index is -0.539.